The molecule has 0 bridgehead atoms. The Balaban J connectivity index is 1.80. The van der Waals surface area contributed by atoms with Gasteiger partial charge in [-0.25, -0.2) is 0 Å². The molecule has 1 aromatic rings. The molecular formula is C16H25N3O. The highest BCUT2D eigenvalue weighted by Crippen LogP contribution is 2.43. The molecule has 0 aromatic carbocycles. The Morgan fingerprint density at radius 3 is 2.95 bits per heavy atom. The Kier molecular flexibility index (Phi) is 3.69. The van der Waals surface area contributed by atoms with E-state index >= 15 is 0 Å². The minimum absolute atomic E-state index is 0.289. The lowest BCUT2D eigenvalue weighted by Gasteiger charge is -2.45. The van der Waals surface area contributed by atoms with E-state index in [4.69, 9.17) is 4.74 Å². The van der Waals surface area contributed by atoms with E-state index in [-0.39, 0.29) is 5.54 Å². The third-order valence-electron chi connectivity index (χ3n) is 4.79. The second-order valence-corrected chi connectivity index (χ2v) is 6.37. The van der Waals surface area contributed by atoms with Gasteiger partial charge in [-0.15, -0.1) is 0 Å². The molecule has 1 unspecified atom stereocenters. The normalized spacial score (nSPS) is 27.6. The Morgan fingerprint density at radius 2 is 2.25 bits per heavy atom. The van der Waals surface area contributed by atoms with Crippen LogP contribution < -0.4 is 10.1 Å². The van der Waals surface area contributed by atoms with Gasteiger partial charge in [0, 0.05) is 49.5 Å². The van der Waals surface area contributed by atoms with Crippen molar-refractivity contribution in [3.05, 3.63) is 23.5 Å². The number of nitrogens with zero attached hydrogens (tertiary/aromatic N) is 2. The van der Waals surface area contributed by atoms with Crippen molar-refractivity contribution in [2.75, 3.05) is 26.7 Å². The monoisotopic (exact) mass is 275 g/mol. The molecule has 110 valence electrons. The average Bonchev–Trinajstić information content (AvgIpc) is 3.25. The minimum atomic E-state index is 0.289. The van der Waals surface area contributed by atoms with Crippen molar-refractivity contribution in [2.24, 2.45) is 5.92 Å². The summed E-state index contributed by atoms with van der Waals surface area (Å²) in [7, 11) is 1.72. The summed E-state index contributed by atoms with van der Waals surface area (Å²) in [6.07, 6.45) is 2.75. The van der Waals surface area contributed by atoms with Gasteiger partial charge in [0.1, 0.15) is 5.75 Å². The largest absolute Gasteiger partial charge is 0.497 e. The van der Waals surface area contributed by atoms with E-state index in [2.05, 4.69) is 28.2 Å². The fourth-order valence-corrected chi connectivity index (χ4v) is 3.39. The summed E-state index contributed by atoms with van der Waals surface area (Å²) >= 11 is 0. The fraction of sp³-hybridized carbons (Fsp3) is 0.688. The predicted octanol–water partition coefficient (Wildman–Crippen LogP) is 1.97. The van der Waals surface area contributed by atoms with Crippen LogP contribution in [0.4, 0.5) is 0 Å². The first kappa shape index (κ1) is 13.8. The second-order valence-electron chi connectivity index (χ2n) is 6.37. The summed E-state index contributed by atoms with van der Waals surface area (Å²) < 4.78 is 5.37. The summed E-state index contributed by atoms with van der Waals surface area (Å²) in [5.41, 5.74) is 2.44. The Hall–Kier alpha value is -1.13. The number of hydrogen-bond donors (Lipinski definition) is 1. The van der Waals surface area contributed by atoms with E-state index in [9.17, 15) is 0 Å². The zero-order chi connectivity index (χ0) is 14.2. The highest BCUT2D eigenvalue weighted by molar-refractivity contribution is 5.27. The molecule has 20 heavy (non-hydrogen) atoms. The molecule has 2 fully saturated rings. The number of pyridine rings is 1. The molecule has 1 aliphatic carbocycles. The van der Waals surface area contributed by atoms with Crippen LogP contribution in [0.1, 0.15) is 31.2 Å². The van der Waals surface area contributed by atoms with Crippen LogP contribution in [0.5, 0.6) is 5.75 Å². The van der Waals surface area contributed by atoms with Gasteiger partial charge in [-0.2, -0.15) is 0 Å². The van der Waals surface area contributed by atoms with Gasteiger partial charge in [0.05, 0.1) is 12.8 Å². The number of piperazine rings is 1. The molecule has 2 heterocycles. The lowest BCUT2D eigenvalue weighted by molar-refractivity contribution is 0.0472. The van der Waals surface area contributed by atoms with Gasteiger partial charge in [-0.05, 0) is 32.6 Å². The van der Waals surface area contributed by atoms with E-state index in [1.165, 1.54) is 12.8 Å². The summed E-state index contributed by atoms with van der Waals surface area (Å²) in [4.78, 5) is 7.29. The molecular weight excluding hydrogens is 250 g/mol. The zero-order valence-electron chi connectivity index (χ0n) is 12.8. The van der Waals surface area contributed by atoms with Crippen LogP contribution in [0.2, 0.25) is 0 Å². The lowest BCUT2D eigenvalue weighted by atomic mass is 9.91. The number of ether oxygens (including phenoxy) is 1. The van der Waals surface area contributed by atoms with Crippen LogP contribution in [-0.4, -0.2) is 42.2 Å². The number of methoxy groups -OCH3 is 1. The fourth-order valence-electron chi connectivity index (χ4n) is 3.39. The van der Waals surface area contributed by atoms with Crippen molar-refractivity contribution >= 4 is 0 Å². The Bertz CT molecular complexity index is 487. The standard InChI is InChI=1S/C16H25N3O/c1-12-8-15(20-3)9-14(18-12)10-19-7-6-17-11-16(19,2)13-4-5-13/h8-9,13,17H,4-7,10-11H2,1-3H3. The van der Waals surface area contributed by atoms with E-state index in [1.54, 1.807) is 7.11 Å². The molecule has 0 radical (unpaired) electrons. The molecule has 1 aliphatic heterocycles. The summed E-state index contributed by atoms with van der Waals surface area (Å²) in [6, 6.07) is 4.06. The predicted molar refractivity (Wildman–Crippen MR) is 79.9 cm³/mol. The van der Waals surface area contributed by atoms with Gasteiger partial charge in [-0.1, -0.05) is 0 Å². The number of aromatic nitrogens is 1. The average molecular weight is 275 g/mol. The molecule has 4 heteroatoms. The lowest BCUT2D eigenvalue weighted by Crippen LogP contribution is -2.60. The van der Waals surface area contributed by atoms with Crippen LogP contribution in [0, 0.1) is 12.8 Å². The highest BCUT2D eigenvalue weighted by atomic mass is 16.5. The number of hydrogen-bond acceptors (Lipinski definition) is 4. The molecule has 0 spiro atoms. The van der Waals surface area contributed by atoms with Crippen LogP contribution in [0.25, 0.3) is 0 Å². The first-order valence-electron chi connectivity index (χ1n) is 7.59. The smallest absolute Gasteiger partial charge is 0.122 e. The van der Waals surface area contributed by atoms with Crippen LogP contribution in [0.3, 0.4) is 0 Å². The molecule has 1 N–H and O–H groups in total. The van der Waals surface area contributed by atoms with Gasteiger partial charge in [0.25, 0.3) is 0 Å². The first-order chi connectivity index (χ1) is 9.61. The molecule has 3 rings (SSSR count). The molecule has 1 aromatic heterocycles. The van der Waals surface area contributed by atoms with Crippen LogP contribution in [0.15, 0.2) is 12.1 Å². The second kappa shape index (κ2) is 5.34. The molecule has 1 saturated carbocycles. The maximum absolute atomic E-state index is 5.37. The van der Waals surface area contributed by atoms with Gasteiger partial charge in [0.2, 0.25) is 0 Å². The van der Waals surface area contributed by atoms with Crippen molar-refractivity contribution in [3.8, 4) is 5.75 Å². The minimum Gasteiger partial charge on any atom is -0.497 e. The SMILES string of the molecule is COc1cc(C)nc(CN2CCNCC2(C)C2CC2)c1. The highest BCUT2D eigenvalue weighted by Gasteiger charge is 2.46. The van der Waals surface area contributed by atoms with Crippen molar-refractivity contribution in [1.82, 2.24) is 15.2 Å². The number of rotatable bonds is 4. The molecule has 4 nitrogen and oxygen atoms in total. The molecule has 0 amide bonds. The van der Waals surface area contributed by atoms with Crippen molar-refractivity contribution in [1.29, 1.82) is 0 Å². The summed E-state index contributed by atoms with van der Waals surface area (Å²) in [6.45, 7) is 8.64. The third-order valence-corrected chi connectivity index (χ3v) is 4.79. The quantitative estimate of drug-likeness (QED) is 0.911. The zero-order valence-corrected chi connectivity index (χ0v) is 12.8. The van der Waals surface area contributed by atoms with Gasteiger partial charge < -0.3 is 10.1 Å². The van der Waals surface area contributed by atoms with E-state index in [0.717, 1.165) is 49.2 Å². The molecule has 2 aliphatic rings. The van der Waals surface area contributed by atoms with E-state index in [0.29, 0.717) is 0 Å². The number of aryl methyl sites for hydroxylation is 1. The summed E-state index contributed by atoms with van der Waals surface area (Å²) in [5, 5.41) is 3.56. The van der Waals surface area contributed by atoms with Crippen LogP contribution >= 0.6 is 0 Å². The van der Waals surface area contributed by atoms with Crippen molar-refractivity contribution in [2.45, 2.75) is 38.8 Å². The van der Waals surface area contributed by atoms with Gasteiger partial charge in [0.15, 0.2) is 0 Å². The molecule has 1 saturated heterocycles. The van der Waals surface area contributed by atoms with E-state index < -0.39 is 0 Å². The maximum Gasteiger partial charge on any atom is 0.122 e. The molecule has 1 atom stereocenters. The number of nitrogens with one attached hydrogen (secondary N) is 1. The third kappa shape index (κ3) is 2.67. The first-order valence-corrected chi connectivity index (χ1v) is 7.59. The topological polar surface area (TPSA) is 37.4 Å². The summed E-state index contributed by atoms with van der Waals surface area (Å²) in [5.74, 6) is 1.76. The van der Waals surface area contributed by atoms with Crippen molar-refractivity contribution < 1.29 is 4.74 Å². The van der Waals surface area contributed by atoms with E-state index in [1.807, 2.05) is 13.0 Å². The van der Waals surface area contributed by atoms with Crippen LogP contribution in [-0.2, 0) is 6.54 Å². The van der Waals surface area contributed by atoms with Crippen molar-refractivity contribution in [3.63, 3.8) is 0 Å². The van der Waals surface area contributed by atoms with Gasteiger partial charge >= 0.3 is 0 Å². The van der Waals surface area contributed by atoms with Gasteiger partial charge in [-0.3, -0.25) is 9.88 Å². The Morgan fingerprint density at radius 1 is 1.45 bits per heavy atom. The maximum atomic E-state index is 5.37. The Labute approximate surface area is 121 Å².